The average molecular weight is 868 g/mol. The number of ether oxygens (including phenoxy) is 1. The quantitative estimate of drug-likeness (QED) is 0.114. The molecule has 7 aromatic rings. The summed E-state index contributed by atoms with van der Waals surface area (Å²) in [5.41, 5.74) is 11.0. The number of aromatic nitrogens is 6. The molecule has 4 N–H and O–H groups in total. The number of amides is 1. The maximum Gasteiger partial charge on any atom is 0.409 e. The highest BCUT2D eigenvalue weighted by atomic mass is 35.5. The van der Waals surface area contributed by atoms with Crippen LogP contribution in [0, 0.1) is 43.0 Å². The molecule has 0 spiro atoms. The molecular weight excluding hydrogens is 826 g/mol. The monoisotopic (exact) mass is 867 g/mol. The van der Waals surface area contributed by atoms with E-state index in [1.807, 2.05) is 21.6 Å². The van der Waals surface area contributed by atoms with Crippen molar-refractivity contribution in [3.05, 3.63) is 162 Å². The van der Waals surface area contributed by atoms with E-state index in [2.05, 4.69) is 35.5 Å². The summed E-state index contributed by atoms with van der Waals surface area (Å²) in [6.07, 6.45) is 4.80. The van der Waals surface area contributed by atoms with Crippen LogP contribution in [0.25, 0.3) is 22.3 Å². The number of rotatable bonds is 5. The Hall–Kier alpha value is -6.91. The molecule has 12 nitrogen and oxygen atoms in total. The first-order valence-corrected chi connectivity index (χ1v) is 19.8. The van der Waals surface area contributed by atoms with Crippen molar-refractivity contribution in [3.8, 4) is 28.0 Å². The zero-order valence-electron chi connectivity index (χ0n) is 33.7. The molecule has 0 saturated carbocycles. The number of nitrogens with zero attached hydrogens (tertiary/aromatic N) is 6. The lowest BCUT2D eigenvalue weighted by Gasteiger charge is -2.23. The molecule has 0 aliphatic carbocycles. The Labute approximate surface area is 359 Å². The molecule has 4 aromatic heterocycles. The molecule has 0 fully saturated rings. The highest BCUT2D eigenvalue weighted by Crippen LogP contribution is 2.31. The molecule has 0 bridgehead atoms. The van der Waals surface area contributed by atoms with E-state index in [-0.39, 0.29) is 35.0 Å². The minimum atomic E-state index is -0.814. The SMILES string of the molecule is Cc1nc(N)ccc1F.Cc1nc(NC(=O)C2CCn3ncc(-c4ccc(F)cc4)c3C2)ccc1F.Fc1ccc(-c2cnn3c2CNCC3)cc1.O=C(Cl)Oc1ccccc1. The number of nitrogens with one attached hydrogen (secondary N) is 2. The van der Waals surface area contributed by atoms with Gasteiger partial charge in [-0.05, 0) is 92.1 Å². The van der Waals surface area contributed by atoms with Gasteiger partial charge in [-0.15, -0.1) is 0 Å². The van der Waals surface area contributed by atoms with E-state index in [0.717, 1.165) is 47.6 Å². The zero-order valence-corrected chi connectivity index (χ0v) is 34.4. The lowest BCUT2D eigenvalue weighted by Crippen LogP contribution is -2.31. The van der Waals surface area contributed by atoms with Gasteiger partial charge in [0.05, 0.1) is 36.0 Å². The van der Waals surface area contributed by atoms with Crippen molar-refractivity contribution >= 4 is 34.6 Å². The zero-order chi connectivity index (χ0) is 44.2. The summed E-state index contributed by atoms with van der Waals surface area (Å²) >= 11 is 4.95. The third-order valence-electron chi connectivity index (χ3n) is 9.76. The van der Waals surface area contributed by atoms with Crippen molar-refractivity contribution in [2.45, 2.75) is 46.3 Å². The number of hydrogen-bond acceptors (Lipinski definition) is 9. The molecule has 3 aromatic carbocycles. The molecule has 2 aliphatic rings. The van der Waals surface area contributed by atoms with Gasteiger partial charge in [0, 0.05) is 60.4 Å². The molecule has 9 rings (SSSR count). The Morgan fingerprint density at radius 3 is 1.87 bits per heavy atom. The second kappa shape index (κ2) is 21.1. The van der Waals surface area contributed by atoms with Gasteiger partial charge in [0.2, 0.25) is 5.91 Å². The number of pyridine rings is 2. The van der Waals surface area contributed by atoms with Crippen molar-refractivity contribution in [2.24, 2.45) is 5.92 Å². The lowest BCUT2D eigenvalue weighted by atomic mass is 9.92. The van der Waals surface area contributed by atoms with Crippen LogP contribution in [0.4, 0.5) is 34.0 Å². The van der Waals surface area contributed by atoms with Gasteiger partial charge in [-0.1, -0.05) is 42.5 Å². The summed E-state index contributed by atoms with van der Waals surface area (Å²) in [6.45, 7) is 6.44. The van der Waals surface area contributed by atoms with E-state index in [9.17, 15) is 27.2 Å². The number of aryl methyl sites for hydroxylation is 3. The maximum absolute atomic E-state index is 13.3. The minimum absolute atomic E-state index is 0.147. The Balaban J connectivity index is 0.000000154. The molecule has 62 heavy (non-hydrogen) atoms. The first-order valence-electron chi connectivity index (χ1n) is 19.4. The summed E-state index contributed by atoms with van der Waals surface area (Å²) in [6, 6.07) is 26.9. The number of nitrogens with two attached hydrogens (primary N) is 1. The fraction of sp³-hybridized carbons (Fsp3) is 0.200. The van der Waals surface area contributed by atoms with Crippen LogP contribution in [0.15, 0.2) is 116 Å². The fourth-order valence-electron chi connectivity index (χ4n) is 6.57. The number of nitrogen functional groups attached to an aromatic ring is 1. The topological polar surface area (TPSA) is 155 Å². The highest BCUT2D eigenvalue weighted by Gasteiger charge is 2.28. The predicted molar refractivity (Wildman–Crippen MR) is 228 cm³/mol. The Morgan fingerprint density at radius 2 is 1.31 bits per heavy atom. The summed E-state index contributed by atoms with van der Waals surface area (Å²) in [5.74, 6) is -0.440. The summed E-state index contributed by atoms with van der Waals surface area (Å²) in [5, 5.41) is 14.8. The number of halogens is 5. The molecule has 6 heterocycles. The summed E-state index contributed by atoms with van der Waals surface area (Å²) in [7, 11) is 0. The summed E-state index contributed by atoms with van der Waals surface area (Å²) in [4.78, 5) is 30.6. The normalized spacial score (nSPS) is 13.6. The number of anilines is 2. The van der Waals surface area contributed by atoms with Crippen LogP contribution < -0.4 is 21.1 Å². The predicted octanol–water partition coefficient (Wildman–Crippen LogP) is 9.06. The molecule has 320 valence electrons. The molecule has 0 radical (unpaired) electrons. The Bertz CT molecular complexity index is 2610. The Morgan fingerprint density at radius 1 is 0.742 bits per heavy atom. The van der Waals surface area contributed by atoms with Crippen LogP contribution in [0.3, 0.4) is 0 Å². The number of hydrogen-bond donors (Lipinski definition) is 3. The van der Waals surface area contributed by atoms with Gasteiger partial charge >= 0.3 is 5.43 Å². The number of fused-ring (bicyclic) bond motifs is 2. The summed E-state index contributed by atoms with van der Waals surface area (Å²) < 4.78 is 60.2. The largest absolute Gasteiger partial charge is 0.415 e. The molecule has 0 saturated heterocycles. The van der Waals surface area contributed by atoms with Gasteiger partial charge in [0.25, 0.3) is 0 Å². The van der Waals surface area contributed by atoms with E-state index < -0.39 is 11.2 Å². The number of benzene rings is 3. The second-order valence-corrected chi connectivity index (χ2v) is 14.4. The van der Waals surface area contributed by atoms with Crippen LogP contribution in [0.1, 0.15) is 29.2 Å². The standard InChI is InChI=1S/C20H18F2N4O.C12H12FN3.C7H5ClO2.C6H7FN2/c1-12-17(22)6-7-19(24-12)25-20(27)14-8-9-26-18(10-14)16(11-23-26)13-2-4-15(21)5-3-13;13-10-3-1-9(2-4-10)11-7-15-16-6-5-14-8-12(11)16;8-7(9)10-6-4-2-1-3-5-6;1-4-5(7)2-3-6(8)9-4/h2-7,11,14H,8-10H2,1H3,(H,24,25,27);1-4,7,14H,5-6,8H2;1-5H;2-3H,1H3,(H2,8,9). The molecule has 2 aliphatic heterocycles. The fourth-order valence-corrected chi connectivity index (χ4v) is 6.65. The minimum Gasteiger partial charge on any atom is -0.415 e. The van der Waals surface area contributed by atoms with Crippen molar-refractivity contribution < 1.29 is 31.9 Å². The number of carbonyl (C=O) groups excluding carboxylic acids is 2. The number of carbonyl (C=O) groups is 2. The number of para-hydroxylation sites is 1. The van der Waals surface area contributed by atoms with Gasteiger partial charge in [-0.3, -0.25) is 14.2 Å². The van der Waals surface area contributed by atoms with Crippen molar-refractivity contribution in [3.63, 3.8) is 0 Å². The van der Waals surface area contributed by atoms with Gasteiger partial charge in [-0.2, -0.15) is 10.2 Å². The highest BCUT2D eigenvalue weighted by molar-refractivity contribution is 6.61. The van der Waals surface area contributed by atoms with Crippen LogP contribution in [0.2, 0.25) is 0 Å². The van der Waals surface area contributed by atoms with Gasteiger partial charge in [0.15, 0.2) is 0 Å². The van der Waals surface area contributed by atoms with Crippen molar-refractivity contribution in [1.82, 2.24) is 34.8 Å². The third-order valence-corrected chi connectivity index (χ3v) is 9.83. The van der Waals surface area contributed by atoms with Crippen LogP contribution in [-0.4, -0.2) is 47.4 Å². The molecule has 17 heteroatoms. The van der Waals surface area contributed by atoms with E-state index >= 15 is 0 Å². The first-order chi connectivity index (χ1) is 29.8. The van der Waals surface area contributed by atoms with Gasteiger partial charge in [-0.25, -0.2) is 32.3 Å². The first kappa shape index (κ1) is 44.6. The van der Waals surface area contributed by atoms with Crippen LogP contribution in [-0.2, 0) is 30.8 Å². The van der Waals surface area contributed by atoms with Crippen molar-refractivity contribution in [2.75, 3.05) is 17.6 Å². The third kappa shape index (κ3) is 12.1. The van der Waals surface area contributed by atoms with Gasteiger partial charge < -0.3 is 21.1 Å². The van der Waals surface area contributed by atoms with Crippen molar-refractivity contribution in [1.29, 1.82) is 0 Å². The molecule has 1 atom stereocenters. The van der Waals surface area contributed by atoms with Gasteiger partial charge in [0.1, 0.15) is 40.7 Å². The van der Waals surface area contributed by atoms with E-state index in [4.69, 9.17) is 17.3 Å². The lowest BCUT2D eigenvalue weighted by molar-refractivity contribution is -0.120. The smallest absolute Gasteiger partial charge is 0.409 e. The van der Waals surface area contributed by atoms with E-state index in [1.165, 1.54) is 54.2 Å². The van der Waals surface area contributed by atoms with E-state index in [0.29, 0.717) is 42.5 Å². The van der Waals surface area contributed by atoms with Crippen LogP contribution in [0.5, 0.6) is 5.75 Å². The Kier molecular flexibility index (Phi) is 15.2. The van der Waals surface area contributed by atoms with Crippen LogP contribution >= 0.6 is 11.6 Å². The van der Waals surface area contributed by atoms with E-state index in [1.54, 1.807) is 68.6 Å². The maximum atomic E-state index is 13.3. The second-order valence-electron chi connectivity index (χ2n) is 14.0. The molecular formula is C45H42ClF4N9O3. The molecule has 1 amide bonds. The molecule has 1 unspecified atom stereocenters. The average Bonchev–Trinajstić information content (AvgIpc) is 3.90.